The molecule has 0 amide bonds. The lowest BCUT2D eigenvalue weighted by atomic mass is 9.43. The van der Waals surface area contributed by atoms with E-state index in [1.807, 2.05) is 36.4 Å². The molecule has 6 aliphatic carbocycles. The molecule has 0 radical (unpaired) electrons. The van der Waals surface area contributed by atoms with Crippen LogP contribution in [0.25, 0.3) is 89.1 Å². The predicted molar refractivity (Wildman–Crippen MR) is 257 cm³/mol. The van der Waals surface area contributed by atoms with Gasteiger partial charge in [-0.15, -0.1) is 0 Å². The van der Waals surface area contributed by atoms with Gasteiger partial charge in [0.05, 0.1) is 0 Å². The minimum absolute atomic E-state index is 0.112. The van der Waals surface area contributed by atoms with Crippen molar-refractivity contribution in [1.82, 2.24) is 15.0 Å². The molecule has 6 aliphatic rings. The zero-order valence-electron chi connectivity index (χ0n) is 35.8. The Morgan fingerprint density at radius 1 is 0.381 bits per heavy atom. The van der Waals surface area contributed by atoms with Gasteiger partial charge in [0, 0.05) is 27.5 Å². The van der Waals surface area contributed by atoms with Crippen LogP contribution in [0.1, 0.15) is 68.2 Å². The maximum absolute atomic E-state index is 5.24. The molecular weight excluding hydrogens is 763 g/mol. The Bertz CT molecular complexity index is 3300. The fraction of sp³-hybridized carbons (Fsp3) is 0.217. The lowest BCUT2D eigenvalue weighted by molar-refractivity contribution is -0.0398. The zero-order chi connectivity index (χ0) is 41.6. The molecule has 4 fully saturated rings. The largest absolute Gasteiger partial charge is 0.208 e. The molecule has 9 aromatic rings. The molecule has 3 nitrogen and oxygen atoms in total. The third kappa shape index (κ3) is 5.00. The zero-order valence-corrected chi connectivity index (χ0v) is 35.8. The Hall–Kier alpha value is -6.71. The molecule has 4 bridgehead atoms. The van der Waals surface area contributed by atoms with Crippen LogP contribution in [0.15, 0.2) is 164 Å². The molecule has 0 aliphatic heterocycles. The topological polar surface area (TPSA) is 38.7 Å². The normalized spacial score (nSPS) is 23.0. The van der Waals surface area contributed by atoms with Crippen LogP contribution in [-0.4, -0.2) is 15.0 Å². The van der Waals surface area contributed by atoms with Gasteiger partial charge in [-0.3, -0.25) is 0 Å². The number of benzene rings is 8. The molecule has 1 spiro atoms. The molecule has 0 unspecified atom stereocenters. The van der Waals surface area contributed by atoms with Crippen LogP contribution in [0, 0.1) is 23.7 Å². The molecule has 0 saturated heterocycles. The standard InChI is InChI=1S/C60H47N3/c1-59(2)50-20-12-11-19-47(50)55-48(32-43(34-53(55)59)58-62-56(38-14-5-3-6-15-38)61-57(63-58)39-16-7-4-8-17-39)41-22-21-40-33-52-49(31-42(40)30-41)54-46-18-10-9-13-37(46)23-24-51(54)60(52)44-26-35-25-36(28-44)29-45(60)27-35/h3-24,30-36,44-45H,25-29H2,1-2H3. The van der Waals surface area contributed by atoms with E-state index in [9.17, 15) is 0 Å². The molecule has 15 rings (SSSR count). The SMILES string of the molecule is CC1(C)c2ccccc2-c2c(-c3ccc4cc5c(cc4c3)-c3c(ccc4ccccc34)C53C4CC5CC(C4)CC3C5)cc(-c3nc(-c4ccccc4)nc(-c4ccccc4)n3)cc21. The maximum Gasteiger partial charge on any atom is 0.164 e. The Labute approximate surface area is 369 Å². The van der Waals surface area contributed by atoms with Crippen molar-refractivity contribution in [2.75, 3.05) is 0 Å². The van der Waals surface area contributed by atoms with Crippen molar-refractivity contribution in [2.24, 2.45) is 23.7 Å². The smallest absolute Gasteiger partial charge is 0.164 e. The quantitative estimate of drug-likeness (QED) is 0.178. The summed E-state index contributed by atoms with van der Waals surface area (Å²) in [4.78, 5) is 15.5. The van der Waals surface area contributed by atoms with Crippen molar-refractivity contribution in [1.29, 1.82) is 0 Å². The van der Waals surface area contributed by atoms with E-state index in [-0.39, 0.29) is 10.8 Å². The highest BCUT2D eigenvalue weighted by Crippen LogP contribution is 2.70. The highest BCUT2D eigenvalue weighted by molar-refractivity contribution is 6.06. The average molecular weight is 810 g/mol. The summed E-state index contributed by atoms with van der Waals surface area (Å²) in [6.07, 6.45) is 7.00. The van der Waals surface area contributed by atoms with Crippen LogP contribution in [0.5, 0.6) is 0 Å². The van der Waals surface area contributed by atoms with E-state index in [4.69, 9.17) is 15.0 Å². The lowest BCUT2D eigenvalue weighted by Crippen LogP contribution is -2.55. The van der Waals surface area contributed by atoms with E-state index < -0.39 is 0 Å². The Kier molecular flexibility index (Phi) is 7.35. The third-order valence-corrected chi connectivity index (χ3v) is 16.4. The van der Waals surface area contributed by atoms with Crippen molar-refractivity contribution in [3.05, 3.63) is 186 Å². The molecule has 63 heavy (non-hydrogen) atoms. The summed E-state index contributed by atoms with van der Waals surface area (Å²) >= 11 is 0. The Morgan fingerprint density at radius 2 is 1.00 bits per heavy atom. The highest BCUT2D eigenvalue weighted by atomic mass is 15.0. The number of nitrogens with zero attached hydrogens (tertiary/aromatic N) is 3. The molecule has 0 N–H and O–H groups in total. The van der Waals surface area contributed by atoms with Gasteiger partial charge in [0.1, 0.15) is 0 Å². The van der Waals surface area contributed by atoms with Gasteiger partial charge >= 0.3 is 0 Å². The summed E-state index contributed by atoms with van der Waals surface area (Å²) in [5.74, 6) is 5.30. The number of fused-ring (bicyclic) bond motifs is 9. The van der Waals surface area contributed by atoms with Crippen molar-refractivity contribution >= 4 is 21.5 Å². The minimum atomic E-state index is -0.219. The number of aromatic nitrogens is 3. The first kappa shape index (κ1) is 35.8. The second-order valence-corrected chi connectivity index (χ2v) is 20.0. The summed E-state index contributed by atoms with van der Waals surface area (Å²) in [5.41, 5.74) is 16.7. The van der Waals surface area contributed by atoms with Gasteiger partial charge in [-0.1, -0.05) is 147 Å². The molecule has 3 heteroatoms. The van der Waals surface area contributed by atoms with Crippen LogP contribution in [0.4, 0.5) is 0 Å². The van der Waals surface area contributed by atoms with E-state index in [1.54, 1.807) is 11.1 Å². The Morgan fingerprint density at radius 3 is 1.71 bits per heavy atom. The number of hydrogen-bond donors (Lipinski definition) is 0. The third-order valence-electron chi connectivity index (χ3n) is 16.4. The summed E-state index contributed by atoms with van der Waals surface area (Å²) in [5, 5.41) is 5.39. The maximum atomic E-state index is 5.24. The summed E-state index contributed by atoms with van der Waals surface area (Å²) in [6, 6.07) is 61.0. The second kappa shape index (κ2) is 12.9. The first-order valence-corrected chi connectivity index (χ1v) is 23.2. The van der Waals surface area contributed by atoms with Crippen molar-refractivity contribution in [3.63, 3.8) is 0 Å². The highest BCUT2D eigenvalue weighted by Gasteiger charge is 2.61. The first-order valence-electron chi connectivity index (χ1n) is 23.2. The fourth-order valence-electron chi connectivity index (χ4n) is 14.0. The van der Waals surface area contributed by atoms with Crippen LogP contribution in [-0.2, 0) is 10.8 Å². The molecule has 4 saturated carbocycles. The van der Waals surface area contributed by atoms with E-state index in [0.29, 0.717) is 17.5 Å². The van der Waals surface area contributed by atoms with E-state index >= 15 is 0 Å². The molecule has 302 valence electrons. The van der Waals surface area contributed by atoms with Gasteiger partial charge in [-0.2, -0.15) is 0 Å². The number of hydrogen-bond acceptors (Lipinski definition) is 3. The monoisotopic (exact) mass is 809 g/mol. The van der Waals surface area contributed by atoms with Crippen molar-refractivity contribution < 1.29 is 0 Å². The molecule has 0 atom stereocenters. The molecule has 1 heterocycles. The van der Waals surface area contributed by atoms with Gasteiger partial charge < -0.3 is 0 Å². The van der Waals surface area contributed by atoms with Crippen LogP contribution < -0.4 is 0 Å². The van der Waals surface area contributed by atoms with Gasteiger partial charge in [0.2, 0.25) is 0 Å². The van der Waals surface area contributed by atoms with Crippen LogP contribution in [0.3, 0.4) is 0 Å². The summed E-state index contributed by atoms with van der Waals surface area (Å²) in [7, 11) is 0. The minimum Gasteiger partial charge on any atom is -0.208 e. The fourth-order valence-corrected chi connectivity index (χ4v) is 14.0. The van der Waals surface area contributed by atoms with Gasteiger partial charge in [-0.25, -0.2) is 15.0 Å². The van der Waals surface area contributed by atoms with E-state index in [0.717, 1.165) is 40.4 Å². The van der Waals surface area contributed by atoms with E-state index in [2.05, 4.69) is 141 Å². The molecular formula is C60H47N3. The van der Waals surface area contributed by atoms with Gasteiger partial charge in [0.15, 0.2) is 17.5 Å². The van der Waals surface area contributed by atoms with Crippen molar-refractivity contribution in [3.8, 4) is 67.5 Å². The summed E-state index contributed by atoms with van der Waals surface area (Å²) < 4.78 is 0. The van der Waals surface area contributed by atoms with E-state index in [1.165, 1.54) is 98.2 Å². The number of rotatable bonds is 4. The Balaban J connectivity index is 1.00. The molecule has 8 aromatic carbocycles. The predicted octanol–water partition coefficient (Wildman–Crippen LogP) is 14.9. The van der Waals surface area contributed by atoms with Gasteiger partial charge in [0.25, 0.3) is 0 Å². The average Bonchev–Trinajstić information content (AvgIpc) is 3.74. The summed E-state index contributed by atoms with van der Waals surface area (Å²) in [6.45, 7) is 4.74. The lowest BCUT2D eigenvalue weighted by Gasteiger charge is -2.61. The second-order valence-electron chi connectivity index (χ2n) is 20.0. The van der Waals surface area contributed by atoms with Gasteiger partial charge in [-0.05, 0) is 163 Å². The first-order chi connectivity index (χ1) is 30.9. The van der Waals surface area contributed by atoms with Crippen LogP contribution >= 0.6 is 0 Å². The van der Waals surface area contributed by atoms with Crippen LogP contribution in [0.2, 0.25) is 0 Å². The molecule has 1 aromatic heterocycles. The van der Waals surface area contributed by atoms with Crippen molar-refractivity contribution in [2.45, 2.75) is 56.8 Å².